The second-order valence-electron chi connectivity index (χ2n) is 5.66. The minimum absolute atomic E-state index is 0.434. The van der Waals surface area contributed by atoms with Crippen molar-refractivity contribution in [1.29, 1.82) is 0 Å². The van der Waals surface area contributed by atoms with Crippen molar-refractivity contribution in [2.45, 2.75) is 6.04 Å². The fourth-order valence-corrected chi connectivity index (χ4v) is 2.78. The fraction of sp³-hybridized carbons (Fsp3) is 0.158. The predicted octanol–water partition coefficient (Wildman–Crippen LogP) is 3.07. The van der Waals surface area contributed by atoms with Crippen LogP contribution >= 0.6 is 0 Å². The van der Waals surface area contributed by atoms with Crippen LogP contribution in [0.25, 0.3) is 10.8 Å². The van der Waals surface area contributed by atoms with Gasteiger partial charge < -0.3 is 25.6 Å². The highest BCUT2D eigenvalue weighted by Gasteiger charge is 2.21. The zero-order valence-corrected chi connectivity index (χ0v) is 14.4. The molecule has 0 saturated heterocycles. The number of fused-ring (bicyclic) bond motifs is 1. The zero-order chi connectivity index (χ0) is 18.7. The van der Waals surface area contributed by atoms with Crippen molar-refractivity contribution in [3.63, 3.8) is 0 Å². The van der Waals surface area contributed by atoms with Crippen molar-refractivity contribution in [1.82, 2.24) is 4.98 Å². The number of nitrogens with zero attached hydrogens (tertiary/aromatic N) is 1. The number of anilines is 2. The molecular formula is C19H19N3O4. The summed E-state index contributed by atoms with van der Waals surface area (Å²) in [6, 6.07) is 11.3. The number of methoxy groups -OCH3 is 2. The number of rotatable bonds is 6. The third-order valence-electron chi connectivity index (χ3n) is 4.09. The van der Waals surface area contributed by atoms with Crippen molar-refractivity contribution in [3.8, 4) is 11.5 Å². The third-order valence-corrected chi connectivity index (χ3v) is 4.09. The minimum Gasteiger partial charge on any atom is -0.493 e. The van der Waals surface area contributed by atoms with Crippen LogP contribution in [0.3, 0.4) is 0 Å². The second-order valence-corrected chi connectivity index (χ2v) is 5.66. The number of carboxylic acid groups (broad SMARTS) is 1. The van der Waals surface area contributed by atoms with Gasteiger partial charge in [-0.3, -0.25) is 0 Å². The van der Waals surface area contributed by atoms with E-state index in [0.29, 0.717) is 28.6 Å². The molecule has 0 bridgehead atoms. The molecule has 7 heteroatoms. The molecule has 0 fully saturated rings. The summed E-state index contributed by atoms with van der Waals surface area (Å²) in [5, 5.41) is 14.4. The number of benzene rings is 2. The summed E-state index contributed by atoms with van der Waals surface area (Å²) in [5.74, 6) is 0.430. The van der Waals surface area contributed by atoms with E-state index >= 15 is 0 Å². The Morgan fingerprint density at radius 1 is 1.12 bits per heavy atom. The normalized spacial score (nSPS) is 11.8. The average Bonchev–Trinajstić information content (AvgIpc) is 2.65. The fourth-order valence-electron chi connectivity index (χ4n) is 2.78. The number of ether oxygens (including phenoxy) is 2. The molecule has 3 rings (SSSR count). The number of hydrogen-bond acceptors (Lipinski definition) is 6. The first kappa shape index (κ1) is 17.3. The van der Waals surface area contributed by atoms with Crippen LogP contribution < -0.4 is 20.5 Å². The van der Waals surface area contributed by atoms with Crippen LogP contribution in [0, 0.1) is 0 Å². The summed E-state index contributed by atoms with van der Waals surface area (Å²) in [4.78, 5) is 15.9. The summed E-state index contributed by atoms with van der Waals surface area (Å²) in [7, 11) is 3.03. The Balaban J connectivity index is 1.96. The van der Waals surface area contributed by atoms with E-state index in [-0.39, 0.29) is 0 Å². The van der Waals surface area contributed by atoms with Gasteiger partial charge in [-0.2, -0.15) is 0 Å². The number of carbonyl (C=O) groups is 1. The summed E-state index contributed by atoms with van der Waals surface area (Å²) < 4.78 is 10.5. The van der Waals surface area contributed by atoms with Crippen LogP contribution in [0.1, 0.15) is 11.6 Å². The van der Waals surface area contributed by atoms with Gasteiger partial charge >= 0.3 is 5.97 Å². The number of aliphatic carboxylic acids is 1. The lowest BCUT2D eigenvalue weighted by molar-refractivity contribution is -0.138. The number of nitrogens with one attached hydrogen (secondary N) is 1. The molecule has 3 aromatic rings. The Morgan fingerprint density at radius 3 is 2.58 bits per heavy atom. The minimum atomic E-state index is -1.01. The van der Waals surface area contributed by atoms with Crippen LogP contribution in [0.2, 0.25) is 0 Å². The Kier molecular flexibility index (Phi) is 4.79. The van der Waals surface area contributed by atoms with Crippen molar-refractivity contribution >= 4 is 28.2 Å². The molecule has 134 valence electrons. The molecule has 1 aromatic heterocycles. The first-order chi connectivity index (χ1) is 12.5. The molecule has 4 N–H and O–H groups in total. The van der Waals surface area contributed by atoms with E-state index in [0.717, 1.165) is 10.8 Å². The smallest absolute Gasteiger partial charge is 0.330 e. The van der Waals surface area contributed by atoms with Crippen LogP contribution in [0.15, 0.2) is 48.7 Å². The molecule has 7 nitrogen and oxygen atoms in total. The quantitative estimate of drug-likeness (QED) is 0.625. The molecule has 0 radical (unpaired) electrons. The number of hydrogen-bond donors (Lipinski definition) is 3. The Morgan fingerprint density at radius 2 is 1.88 bits per heavy atom. The second kappa shape index (κ2) is 7.18. The lowest BCUT2D eigenvalue weighted by Gasteiger charge is -2.18. The molecule has 0 aliphatic rings. The largest absolute Gasteiger partial charge is 0.493 e. The molecule has 0 aliphatic carbocycles. The average molecular weight is 353 g/mol. The predicted molar refractivity (Wildman–Crippen MR) is 99.7 cm³/mol. The molecule has 0 amide bonds. The maximum Gasteiger partial charge on any atom is 0.330 e. The Bertz CT molecular complexity index is 959. The summed E-state index contributed by atoms with van der Waals surface area (Å²) in [5.41, 5.74) is 7.06. The van der Waals surface area contributed by atoms with E-state index < -0.39 is 12.0 Å². The molecular weight excluding hydrogens is 334 g/mol. The van der Waals surface area contributed by atoms with Gasteiger partial charge in [0.05, 0.1) is 14.2 Å². The molecule has 0 saturated carbocycles. The summed E-state index contributed by atoms with van der Waals surface area (Å²) >= 11 is 0. The maximum atomic E-state index is 11.8. The van der Waals surface area contributed by atoms with E-state index in [1.807, 2.05) is 18.2 Å². The van der Waals surface area contributed by atoms with Gasteiger partial charge in [-0.05, 0) is 47.3 Å². The number of nitrogens with two attached hydrogens (primary N) is 1. The summed E-state index contributed by atoms with van der Waals surface area (Å²) in [6.45, 7) is 0. The van der Waals surface area contributed by atoms with Gasteiger partial charge in [0.2, 0.25) is 0 Å². The third kappa shape index (κ3) is 3.32. The first-order valence-electron chi connectivity index (χ1n) is 7.89. The molecule has 1 heterocycles. The van der Waals surface area contributed by atoms with Gasteiger partial charge in [0, 0.05) is 17.3 Å². The molecule has 1 atom stereocenters. The molecule has 26 heavy (non-hydrogen) atoms. The van der Waals surface area contributed by atoms with Gasteiger partial charge in [0.25, 0.3) is 0 Å². The van der Waals surface area contributed by atoms with Crippen LogP contribution in [-0.4, -0.2) is 30.3 Å². The topological polar surface area (TPSA) is 107 Å². The number of aromatic nitrogens is 1. The zero-order valence-electron chi connectivity index (χ0n) is 14.4. The number of nitrogen functional groups attached to an aromatic ring is 1. The van der Waals surface area contributed by atoms with Gasteiger partial charge in [-0.25, -0.2) is 9.78 Å². The Hall–Kier alpha value is -3.48. The van der Waals surface area contributed by atoms with Crippen LogP contribution in [0.5, 0.6) is 11.5 Å². The van der Waals surface area contributed by atoms with Gasteiger partial charge in [-0.1, -0.05) is 6.07 Å². The number of carboxylic acids is 1. The highest BCUT2D eigenvalue weighted by molar-refractivity contribution is 5.93. The highest BCUT2D eigenvalue weighted by atomic mass is 16.5. The lowest BCUT2D eigenvalue weighted by Crippen LogP contribution is -2.20. The van der Waals surface area contributed by atoms with Crippen molar-refractivity contribution in [3.05, 3.63) is 54.2 Å². The van der Waals surface area contributed by atoms with E-state index in [2.05, 4.69) is 10.3 Å². The SMILES string of the molecule is COc1ccc([C@@H](Nc2ccc3c(N)nccc3c2)C(=O)O)cc1OC. The highest BCUT2D eigenvalue weighted by Crippen LogP contribution is 2.32. The van der Waals surface area contributed by atoms with Gasteiger partial charge in [0.15, 0.2) is 17.5 Å². The standard InChI is InChI=1S/C19H19N3O4/c1-25-15-6-3-12(10-16(15)26-2)17(19(23)24)22-13-4-5-14-11(9-13)7-8-21-18(14)20/h3-10,17,22H,1-2H3,(H2,20,21)(H,23,24)/t17-/m1/s1. The van der Waals surface area contributed by atoms with Crippen molar-refractivity contribution in [2.24, 2.45) is 0 Å². The van der Waals surface area contributed by atoms with E-state index in [4.69, 9.17) is 15.2 Å². The molecule has 0 unspecified atom stereocenters. The van der Waals surface area contributed by atoms with Crippen molar-refractivity contribution < 1.29 is 19.4 Å². The van der Waals surface area contributed by atoms with Crippen LogP contribution in [0.4, 0.5) is 11.5 Å². The first-order valence-corrected chi connectivity index (χ1v) is 7.89. The van der Waals surface area contributed by atoms with E-state index in [1.165, 1.54) is 14.2 Å². The van der Waals surface area contributed by atoms with Crippen LogP contribution in [-0.2, 0) is 4.79 Å². The number of pyridine rings is 1. The van der Waals surface area contributed by atoms with E-state index in [1.54, 1.807) is 30.5 Å². The molecule has 2 aromatic carbocycles. The summed E-state index contributed by atoms with van der Waals surface area (Å²) in [6.07, 6.45) is 1.62. The van der Waals surface area contributed by atoms with Gasteiger partial charge in [0.1, 0.15) is 5.82 Å². The van der Waals surface area contributed by atoms with E-state index in [9.17, 15) is 9.90 Å². The Labute approximate surface area is 150 Å². The van der Waals surface area contributed by atoms with Gasteiger partial charge in [-0.15, -0.1) is 0 Å². The molecule has 0 aliphatic heterocycles. The van der Waals surface area contributed by atoms with Crippen molar-refractivity contribution in [2.75, 3.05) is 25.3 Å². The lowest BCUT2D eigenvalue weighted by atomic mass is 10.0. The monoisotopic (exact) mass is 353 g/mol. The molecule has 0 spiro atoms. The maximum absolute atomic E-state index is 11.8.